The maximum absolute atomic E-state index is 12.2. The molecule has 108 valence electrons. The third-order valence-corrected chi connectivity index (χ3v) is 4.29. The highest BCUT2D eigenvalue weighted by atomic mass is 32.2. The minimum absolute atomic E-state index is 0.00000378. The van der Waals surface area contributed by atoms with Crippen molar-refractivity contribution in [1.29, 1.82) is 0 Å². The maximum Gasteiger partial charge on any atom is 0.371 e. The first kappa shape index (κ1) is 15.7. The van der Waals surface area contributed by atoms with E-state index in [4.69, 9.17) is 9.52 Å². The fourth-order valence-corrected chi connectivity index (χ4v) is 3.11. The minimum Gasteiger partial charge on any atom is -0.475 e. The largest absolute Gasteiger partial charge is 0.475 e. The molecule has 0 saturated carbocycles. The first-order chi connectivity index (χ1) is 8.45. The van der Waals surface area contributed by atoms with Crippen LogP contribution in [-0.4, -0.2) is 48.1 Å². The Bertz CT molecular complexity index is 581. The van der Waals surface area contributed by atoms with Crippen molar-refractivity contribution in [1.82, 2.24) is 4.31 Å². The number of aliphatic hydroxyl groups is 1. The number of rotatable bonds is 5. The van der Waals surface area contributed by atoms with E-state index in [1.54, 1.807) is 0 Å². The van der Waals surface area contributed by atoms with E-state index < -0.39 is 27.4 Å². The van der Waals surface area contributed by atoms with Gasteiger partial charge in [-0.05, 0) is 20.8 Å². The van der Waals surface area contributed by atoms with Crippen molar-refractivity contribution in [2.75, 3.05) is 13.6 Å². The first-order valence-electron chi connectivity index (χ1n) is 5.47. The summed E-state index contributed by atoms with van der Waals surface area (Å²) in [5.41, 5.74) is -1.20. The van der Waals surface area contributed by atoms with Gasteiger partial charge in [-0.1, -0.05) is 0 Å². The number of likely N-dealkylation sites (N-methyl/N-ethyl adjacent to an activating group) is 1. The molecule has 0 radical (unpaired) electrons. The molecule has 0 bridgehead atoms. The summed E-state index contributed by atoms with van der Waals surface area (Å²) in [6.07, 6.45) is 0. The van der Waals surface area contributed by atoms with Gasteiger partial charge in [0.05, 0.1) is 5.60 Å². The average molecular weight is 291 g/mol. The van der Waals surface area contributed by atoms with E-state index in [1.807, 2.05) is 0 Å². The zero-order valence-corrected chi connectivity index (χ0v) is 12.0. The van der Waals surface area contributed by atoms with Crippen LogP contribution in [0.2, 0.25) is 0 Å². The third-order valence-electron chi connectivity index (χ3n) is 2.38. The molecule has 0 saturated heterocycles. The van der Waals surface area contributed by atoms with Crippen molar-refractivity contribution in [2.24, 2.45) is 0 Å². The Morgan fingerprint density at radius 3 is 2.37 bits per heavy atom. The number of carboxylic acids is 1. The molecule has 0 fully saturated rings. The molecule has 0 aliphatic heterocycles. The average Bonchev–Trinajstić information content (AvgIpc) is 2.58. The number of nitrogens with zero attached hydrogens (tertiary/aromatic N) is 1. The summed E-state index contributed by atoms with van der Waals surface area (Å²) in [5, 5.41) is 18.4. The van der Waals surface area contributed by atoms with Crippen molar-refractivity contribution in [3.63, 3.8) is 0 Å². The van der Waals surface area contributed by atoms with Crippen molar-refractivity contribution >= 4 is 16.0 Å². The smallest absolute Gasteiger partial charge is 0.371 e. The van der Waals surface area contributed by atoms with Crippen molar-refractivity contribution in [2.45, 2.75) is 31.3 Å². The van der Waals surface area contributed by atoms with Crippen molar-refractivity contribution < 1.29 is 27.8 Å². The van der Waals surface area contributed by atoms with E-state index >= 15 is 0 Å². The molecule has 0 unspecified atom stereocenters. The predicted molar refractivity (Wildman–Crippen MR) is 66.5 cm³/mol. The minimum atomic E-state index is -3.90. The Morgan fingerprint density at radius 1 is 1.47 bits per heavy atom. The highest BCUT2D eigenvalue weighted by Crippen LogP contribution is 2.24. The Hall–Kier alpha value is -1.38. The highest BCUT2D eigenvalue weighted by Gasteiger charge is 2.30. The molecule has 0 amide bonds. The quantitative estimate of drug-likeness (QED) is 0.825. The lowest BCUT2D eigenvalue weighted by Crippen LogP contribution is -2.39. The summed E-state index contributed by atoms with van der Waals surface area (Å²) in [6.45, 7) is 4.20. The van der Waals surface area contributed by atoms with Gasteiger partial charge in [0.2, 0.25) is 15.8 Å². The van der Waals surface area contributed by atoms with Gasteiger partial charge >= 0.3 is 5.97 Å². The van der Waals surface area contributed by atoms with Crippen LogP contribution in [0, 0.1) is 6.92 Å². The number of carbonyl (C=O) groups is 1. The van der Waals surface area contributed by atoms with Crippen LogP contribution in [0.15, 0.2) is 15.4 Å². The number of furan rings is 1. The van der Waals surface area contributed by atoms with Crippen LogP contribution in [0.4, 0.5) is 0 Å². The molecule has 1 heterocycles. The number of carboxylic acid groups (broad SMARTS) is 1. The molecule has 0 aromatic carbocycles. The second kappa shape index (κ2) is 4.95. The van der Waals surface area contributed by atoms with Crippen molar-refractivity contribution in [3.8, 4) is 0 Å². The molecule has 1 aromatic heterocycles. The molecule has 7 nitrogen and oxygen atoms in total. The van der Waals surface area contributed by atoms with E-state index in [9.17, 15) is 18.3 Å². The topological polar surface area (TPSA) is 108 Å². The van der Waals surface area contributed by atoms with E-state index in [0.29, 0.717) is 0 Å². The Balaban J connectivity index is 3.17. The lowest BCUT2D eigenvalue weighted by Gasteiger charge is -2.24. The van der Waals surface area contributed by atoms with Gasteiger partial charge in [0.25, 0.3) is 0 Å². The van der Waals surface area contributed by atoms with E-state index in [1.165, 1.54) is 27.8 Å². The summed E-state index contributed by atoms with van der Waals surface area (Å²) < 4.78 is 30.3. The monoisotopic (exact) mass is 291 g/mol. The van der Waals surface area contributed by atoms with E-state index in [2.05, 4.69) is 0 Å². The second-order valence-electron chi connectivity index (χ2n) is 4.91. The van der Waals surface area contributed by atoms with E-state index in [0.717, 1.165) is 10.4 Å². The fraction of sp³-hybridized carbons (Fsp3) is 0.545. The number of aryl methyl sites for hydroxylation is 1. The Morgan fingerprint density at radius 2 is 2.00 bits per heavy atom. The van der Waals surface area contributed by atoms with Gasteiger partial charge in [0.1, 0.15) is 10.7 Å². The molecule has 0 aliphatic rings. The molecule has 0 aliphatic carbocycles. The zero-order valence-electron chi connectivity index (χ0n) is 11.2. The summed E-state index contributed by atoms with van der Waals surface area (Å²) in [6, 6.07) is 0.966. The maximum atomic E-state index is 12.2. The molecule has 1 aromatic rings. The molecular formula is C11H17NO6S. The van der Waals surface area contributed by atoms with Crippen LogP contribution in [-0.2, 0) is 10.0 Å². The molecule has 2 N–H and O–H groups in total. The van der Waals surface area contributed by atoms with Crippen molar-refractivity contribution in [3.05, 3.63) is 17.6 Å². The normalized spacial score (nSPS) is 12.9. The molecule has 8 heteroatoms. The second-order valence-corrected chi connectivity index (χ2v) is 6.92. The molecule has 1 rings (SSSR count). The molecule has 0 atom stereocenters. The van der Waals surface area contributed by atoms with Crippen LogP contribution < -0.4 is 0 Å². The fourth-order valence-electron chi connectivity index (χ4n) is 1.62. The predicted octanol–water partition coefficient (Wildman–Crippen LogP) is 0.678. The Labute approximate surface area is 111 Å². The highest BCUT2D eigenvalue weighted by molar-refractivity contribution is 7.89. The zero-order chi connectivity index (χ0) is 15.0. The number of aromatic carboxylic acids is 1. The van der Waals surface area contributed by atoms with E-state index in [-0.39, 0.29) is 17.2 Å². The van der Waals surface area contributed by atoms with Crippen LogP contribution >= 0.6 is 0 Å². The summed E-state index contributed by atoms with van der Waals surface area (Å²) >= 11 is 0. The number of hydrogen-bond donors (Lipinski definition) is 2. The van der Waals surface area contributed by atoms with Crippen LogP contribution in [0.3, 0.4) is 0 Å². The van der Waals surface area contributed by atoms with Gasteiger partial charge < -0.3 is 14.6 Å². The lowest BCUT2D eigenvalue weighted by molar-refractivity contribution is 0.0638. The first-order valence-corrected chi connectivity index (χ1v) is 6.91. The third kappa shape index (κ3) is 3.55. The Kier molecular flexibility index (Phi) is 4.08. The molecule has 19 heavy (non-hydrogen) atoms. The summed E-state index contributed by atoms with van der Waals surface area (Å²) in [5.74, 6) is -1.78. The van der Waals surface area contributed by atoms with Crippen LogP contribution in [0.25, 0.3) is 0 Å². The summed E-state index contributed by atoms with van der Waals surface area (Å²) in [7, 11) is -2.59. The standard InChI is InChI=1S/C11H17NO6S/c1-7-9(5-8(18-7)10(13)14)19(16,17)12(4)6-11(2,3)15/h5,15H,6H2,1-4H3,(H,13,14). The van der Waals surface area contributed by atoms with Crippen LogP contribution in [0.5, 0.6) is 0 Å². The van der Waals surface area contributed by atoms with Gasteiger partial charge in [0.15, 0.2) is 0 Å². The van der Waals surface area contributed by atoms with Gasteiger partial charge in [-0.15, -0.1) is 0 Å². The van der Waals surface area contributed by atoms with Gasteiger partial charge in [0, 0.05) is 19.7 Å². The molecular weight excluding hydrogens is 274 g/mol. The lowest BCUT2D eigenvalue weighted by atomic mass is 10.1. The number of hydrogen-bond acceptors (Lipinski definition) is 5. The van der Waals surface area contributed by atoms with Gasteiger partial charge in [-0.3, -0.25) is 0 Å². The molecule has 0 spiro atoms. The number of sulfonamides is 1. The summed E-state index contributed by atoms with van der Waals surface area (Å²) in [4.78, 5) is 10.5. The SMILES string of the molecule is Cc1oc(C(=O)O)cc1S(=O)(=O)N(C)CC(C)(C)O. The van der Waals surface area contributed by atoms with Gasteiger partial charge in [-0.2, -0.15) is 4.31 Å². The van der Waals surface area contributed by atoms with Crippen LogP contribution in [0.1, 0.15) is 30.2 Å². The van der Waals surface area contributed by atoms with Gasteiger partial charge in [-0.25, -0.2) is 13.2 Å².